The molecule has 188 valence electrons. The van der Waals surface area contributed by atoms with Crippen LogP contribution in [0.25, 0.3) is 10.7 Å². The van der Waals surface area contributed by atoms with Gasteiger partial charge in [-0.2, -0.15) is 0 Å². The summed E-state index contributed by atoms with van der Waals surface area (Å²) in [5.41, 5.74) is 7.90. The van der Waals surface area contributed by atoms with Crippen LogP contribution in [0, 0.1) is 0 Å². The monoisotopic (exact) mass is 492 g/mol. The summed E-state index contributed by atoms with van der Waals surface area (Å²) < 4.78 is 0. The average molecular weight is 493 g/mol. The molecular weight excluding hydrogens is 452 g/mol. The number of Topliss-reactive ketones (excluding diaryl/α,β-unsaturated/α-hetero) is 1. The van der Waals surface area contributed by atoms with Gasteiger partial charge in [0.2, 0.25) is 0 Å². The first kappa shape index (κ1) is 27.0. The summed E-state index contributed by atoms with van der Waals surface area (Å²) in [7, 11) is 0. The standard InChI is InChI=1S/C29H40N4OS/c1-2-3-4-5-6-7-8-9-10-11-12-13-17-23(28(34)25-19-14-15-20-31-25)26-22-33-29(35-26)27-24(30)18-16-21-32-27/h14-16,18-23H,2-13,17,30H2,1H3. The fraction of sp³-hybridized carbons (Fsp3) is 0.517. The van der Waals surface area contributed by atoms with E-state index in [1.54, 1.807) is 18.5 Å². The molecule has 1 atom stereocenters. The Labute approximate surface area is 214 Å². The Morgan fingerprint density at radius 1 is 0.829 bits per heavy atom. The van der Waals surface area contributed by atoms with Crippen LogP contribution < -0.4 is 5.73 Å². The van der Waals surface area contributed by atoms with Crippen molar-refractivity contribution in [3.63, 3.8) is 0 Å². The van der Waals surface area contributed by atoms with E-state index in [0.29, 0.717) is 17.1 Å². The van der Waals surface area contributed by atoms with Gasteiger partial charge in [0.05, 0.1) is 11.6 Å². The largest absolute Gasteiger partial charge is 0.397 e. The number of hydrogen-bond acceptors (Lipinski definition) is 6. The van der Waals surface area contributed by atoms with E-state index in [4.69, 9.17) is 5.73 Å². The SMILES string of the molecule is CCCCCCCCCCCCCCC(C(=O)c1ccccn1)c1cnc(-c2ncccc2N)s1. The third-order valence-electron chi connectivity index (χ3n) is 6.49. The summed E-state index contributed by atoms with van der Waals surface area (Å²) in [5, 5.41) is 0.756. The van der Waals surface area contributed by atoms with Crippen LogP contribution in [0.3, 0.4) is 0 Å². The maximum absolute atomic E-state index is 13.4. The summed E-state index contributed by atoms with van der Waals surface area (Å²) in [4.78, 5) is 27.6. The lowest BCUT2D eigenvalue weighted by molar-refractivity contribution is 0.0950. The molecule has 0 aromatic carbocycles. The van der Waals surface area contributed by atoms with Crippen LogP contribution >= 0.6 is 11.3 Å². The topological polar surface area (TPSA) is 81.8 Å². The van der Waals surface area contributed by atoms with Crippen molar-refractivity contribution in [1.82, 2.24) is 15.0 Å². The molecule has 35 heavy (non-hydrogen) atoms. The molecule has 0 aliphatic heterocycles. The van der Waals surface area contributed by atoms with E-state index in [1.807, 2.05) is 30.5 Å². The average Bonchev–Trinajstić information content (AvgIpc) is 3.37. The quantitative estimate of drug-likeness (QED) is 0.151. The normalized spacial score (nSPS) is 12.0. The van der Waals surface area contributed by atoms with Gasteiger partial charge in [0.15, 0.2) is 5.78 Å². The zero-order valence-electron chi connectivity index (χ0n) is 21.1. The Bertz CT molecular complexity index is 1000. The number of ketones is 1. The third kappa shape index (κ3) is 8.84. The van der Waals surface area contributed by atoms with Gasteiger partial charge in [0.1, 0.15) is 16.4 Å². The number of pyridine rings is 2. The van der Waals surface area contributed by atoms with Gasteiger partial charge < -0.3 is 5.73 Å². The predicted octanol–water partition coefficient (Wildman–Crippen LogP) is 8.24. The van der Waals surface area contributed by atoms with Crippen LogP contribution in [0.4, 0.5) is 5.69 Å². The maximum atomic E-state index is 13.4. The first-order valence-electron chi connectivity index (χ1n) is 13.3. The number of nitrogen functional groups attached to an aromatic ring is 1. The summed E-state index contributed by atoms with van der Waals surface area (Å²) >= 11 is 1.51. The molecule has 0 aliphatic carbocycles. The molecule has 0 aliphatic rings. The Kier molecular flexibility index (Phi) is 11.9. The molecule has 3 aromatic heterocycles. The minimum Gasteiger partial charge on any atom is -0.397 e. The number of anilines is 1. The molecule has 0 spiro atoms. The van der Waals surface area contributed by atoms with Crippen LogP contribution in [-0.2, 0) is 0 Å². The number of unbranched alkanes of at least 4 members (excludes halogenated alkanes) is 11. The number of nitrogens with two attached hydrogens (primary N) is 1. The van der Waals surface area contributed by atoms with Gasteiger partial charge >= 0.3 is 0 Å². The molecule has 3 heterocycles. The lowest BCUT2D eigenvalue weighted by atomic mass is 9.93. The Morgan fingerprint density at radius 2 is 1.49 bits per heavy atom. The summed E-state index contributed by atoms with van der Waals surface area (Å²) in [6.45, 7) is 2.27. The van der Waals surface area contributed by atoms with E-state index in [2.05, 4.69) is 21.9 Å². The van der Waals surface area contributed by atoms with E-state index in [-0.39, 0.29) is 11.7 Å². The highest BCUT2D eigenvalue weighted by Crippen LogP contribution is 2.35. The Morgan fingerprint density at radius 3 is 2.11 bits per heavy atom. The lowest BCUT2D eigenvalue weighted by Crippen LogP contribution is -2.13. The zero-order chi connectivity index (χ0) is 24.7. The van der Waals surface area contributed by atoms with Gasteiger partial charge in [-0.15, -0.1) is 11.3 Å². The van der Waals surface area contributed by atoms with Gasteiger partial charge in [0, 0.05) is 23.5 Å². The summed E-state index contributed by atoms with van der Waals surface area (Å²) in [5.74, 6) is -0.165. The molecule has 1 unspecified atom stereocenters. The van der Waals surface area contributed by atoms with Crippen molar-refractivity contribution >= 4 is 22.8 Å². The number of aromatic nitrogens is 3. The molecule has 3 rings (SSSR count). The van der Waals surface area contributed by atoms with Crippen molar-refractivity contribution in [2.75, 3.05) is 5.73 Å². The van der Waals surface area contributed by atoms with Crippen molar-refractivity contribution in [3.8, 4) is 10.7 Å². The van der Waals surface area contributed by atoms with Gasteiger partial charge in [-0.25, -0.2) is 4.98 Å². The minimum atomic E-state index is -0.232. The third-order valence-corrected chi connectivity index (χ3v) is 7.61. The smallest absolute Gasteiger partial charge is 0.189 e. The number of carbonyl (C=O) groups excluding carboxylic acids is 1. The van der Waals surface area contributed by atoms with Gasteiger partial charge in [-0.05, 0) is 30.7 Å². The fourth-order valence-corrected chi connectivity index (χ4v) is 5.50. The number of nitrogens with zero attached hydrogens (tertiary/aromatic N) is 3. The molecule has 0 saturated heterocycles. The first-order valence-corrected chi connectivity index (χ1v) is 14.1. The number of rotatable bonds is 17. The predicted molar refractivity (Wildman–Crippen MR) is 147 cm³/mol. The highest BCUT2D eigenvalue weighted by molar-refractivity contribution is 7.15. The van der Waals surface area contributed by atoms with Crippen LogP contribution in [0.1, 0.15) is 112 Å². The summed E-state index contributed by atoms with van der Waals surface area (Å²) in [6, 6.07) is 9.15. The van der Waals surface area contributed by atoms with Crippen molar-refractivity contribution in [2.24, 2.45) is 0 Å². The Hall–Kier alpha value is -2.60. The fourth-order valence-electron chi connectivity index (χ4n) is 4.43. The second-order valence-electron chi connectivity index (χ2n) is 9.32. The molecule has 0 radical (unpaired) electrons. The minimum absolute atomic E-state index is 0.0675. The van der Waals surface area contributed by atoms with Crippen molar-refractivity contribution in [2.45, 2.75) is 96.3 Å². The molecule has 6 heteroatoms. The molecule has 0 amide bonds. The van der Waals surface area contributed by atoms with Gasteiger partial charge in [-0.3, -0.25) is 14.8 Å². The van der Waals surface area contributed by atoms with E-state index in [0.717, 1.165) is 29.1 Å². The molecular formula is C29H40N4OS. The molecule has 3 aromatic rings. The van der Waals surface area contributed by atoms with Gasteiger partial charge in [-0.1, -0.05) is 90.0 Å². The maximum Gasteiger partial charge on any atom is 0.189 e. The van der Waals surface area contributed by atoms with E-state index in [1.165, 1.54) is 75.5 Å². The molecule has 2 N–H and O–H groups in total. The van der Waals surface area contributed by atoms with E-state index in [9.17, 15) is 4.79 Å². The Balaban J connectivity index is 1.51. The van der Waals surface area contributed by atoms with Crippen LogP contribution in [0.2, 0.25) is 0 Å². The second kappa shape index (κ2) is 15.4. The van der Waals surface area contributed by atoms with Crippen LogP contribution in [0.5, 0.6) is 0 Å². The highest BCUT2D eigenvalue weighted by Gasteiger charge is 2.25. The van der Waals surface area contributed by atoms with Gasteiger partial charge in [0.25, 0.3) is 0 Å². The molecule has 0 saturated carbocycles. The van der Waals surface area contributed by atoms with E-state index >= 15 is 0 Å². The van der Waals surface area contributed by atoms with Crippen LogP contribution in [-0.4, -0.2) is 20.7 Å². The molecule has 0 fully saturated rings. The zero-order valence-corrected chi connectivity index (χ0v) is 21.9. The van der Waals surface area contributed by atoms with Crippen LogP contribution in [0.15, 0.2) is 48.9 Å². The molecule has 5 nitrogen and oxygen atoms in total. The first-order chi connectivity index (χ1) is 17.2. The second-order valence-corrected chi connectivity index (χ2v) is 10.4. The lowest BCUT2D eigenvalue weighted by Gasteiger charge is -2.13. The molecule has 0 bridgehead atoms. The van der Waals surface area contributed by atoms with Crippen molar-refractivity contribution in [1.29, 1.82) is 0 Å². The highest BCUT2D eigenvalue weighted by atomic mass is 32.1. The number of hydrogen-bond donors (Lipinski definition) is 1. The number of thiazole rings is 1. The van der Waals surface area contributed by atoms with E-state index < -0.39 is 0 Å². The number of carbonyl (C=O) groups is 1. The van der Waals surface area contributed by atoms with Crippen molar-refractivity contribution in [3.05, 3.63) is 59.5 Å². The summed E-state index contributed by atoms with van der Waals surface area (Å²) in [6.07, 6.45) is 21.7. The van der Waals surface area contributed by atoms with Crippen molar-refractivity contribution < 1.29 is 4.79 Å².